The molecule has 0 spiro atoms. The highest BCUT2D eigenvalue weighted by Gasteiger charge is 2.14. The van der Waals surface area contributed by atoms with Gasteiger partial charge in [0.05, 0.1) is 24.2 Å². The molecule has 0 aliphatic rings. The minimum Gasteiger partial charge on any atom is -0.466 e. The first-order valence-corrected chi connectivity index (χ1v) is 7.81. The predicted molar refractivity (Wildman–Crippen MR) is 89.2 cm³/mol. The molecular formula is C17H16Cl2O4. The van der Waals surface area contributed by atoms with Crippen LogP contribution >= 0.6 is 23.2 Å². The van der Waals surface area contributed by atoms with Gasteiger partial charge in [0.2, 0.25) is 0 Å². The third-order valence-corrected chi connectivity index (χ3v) is 3.60. The molecule has 0 saturated heterocycles. The SMILES string of the molecule is CCOC(=O)C[C@H](O)c1ccc(Oc2cc(Cl)ccc2Cl)cc1. The highest BCUT2D eigenvalue weighted by Crippen LogP contribution is 2.32. The van der Waals surface area contributed by atoms with E-state index in [1.807, 2.05) is 0 Å². The second-order valence-corrected chi connectivity index (χ2v) is 5.61. The lowest BCUT2D eigenvalue weighted by Crippen LogP contribution is -2.09. The first-order valence-electron chi connectivity index (χ1n) is 7.06. The molecule has 6 heteroatoms. The Balaban J connectivity index is 2.04. The summed E-state index contributed by atoms with van der Waals surface area (Å²) in [6.07, 6.45) is -1.01. The van der Waals surface area contributed by atoms with E-state index in [-0.39, 0.29) is 6.42 Å². The third kappa shape index (κ3) is 5.13. The summed E-state index contributed by atoms with van der Waals surface area (Å²) in [7, 11) is 0. The Labute approximate surface area is 144 Å². The van der Waals surface area contributed by atoms with Crippen LogP contribution in [0.5, 0.6) is 11.5 Å². The van der Waals surface area contributed by atoms with Crippen molar-refractivity contribution in [1.29, 1.82) is 0 Å². The molecule has 0 radical (unpaired) electrons. The van der Waals surface area contributed by atoms with Crippen LogP contribution in [0.1, 0.15) is 25.0 Å². The first kappa shape index (κ1) is 17.6. The lowest BCUT2D eigenvalue weighted by molar-refractivity contribution is -0.145. The van der Waals surface area contributed by atoms with E-state index < -0.39 is 12.1 Å². The number of rotatable bonds is 6. The maximum Gasteiger partial charge on any atom is 0.308 e. The Morgan fingerprint density at radius 3 is 2.52 bits per heavy atom. The normalized spacial score (nSPS) is 11.8. The number of aliphatic hydroxyl groups excluding tert-OH is 1. The molecule has 122 valence electrons. The number of esters is 1. The van der Waals surface area contributed by atoms with E-state index in [1.165, 1.54) is 0 Å². The Kier molecular flexibility index (Phi) is 6.28. The number of ether oxygens (including phenoxy) is 2. The van der Waals surface area contributed by atoms with Crippen LogP contribution in [0.3, 0.4) is 0 Å². The minimum absolute atomic E-state index is 0.0891. The molecule has 23 heavy (non-hydrogen) atoms. The van der Waals surface area contributed by atoms with Crippen molar-refractivity contribution < 1.29 is 19.4 Å². The van der Waals surface area contributed by atoms with Crippen LogP contribution in [0.25, 0.3) is 0 Å². The fourth-order valence-electron chi connectivity index (χ4n) is 1.94. The standard InChI is InChI=1S/C17H16Cl2O4/c1-2-22-17(21)10-15(20)11-3-6-13(7-4-11)23-16-9-12(18)5-8-14(16)19/h3-9,15,20H,2,10H2,1H3/t15-/m0/s1. The molecule has 0 amide bonds. The van der Waals surface area contributed by atoms with Gasteiger partial charge >= 0.3 is 5.97 Å². The molecule has 0 fully saturated rings. The second-order valence-electron chi connectivity index (χ2n) is 4.77. The molecule has 1 atom stereocenters. The highest BCUT2D eigenvalue weighted by molar-refractivity contribution is 6.34. The van der Waals surface area contributed by atoms with Crippen molar-refractivity contribution in [1.82, 2.24) is 0 Å². The Morgan fingerprint density at radius 2 is 1.87 bits per heavy atom. The van der Waals surface area contributed by atoms with Gasteiger partial charge in [0.25, 0.3) is 0 Å². The van der Waals surface area contributed by atoms with Gasteiger partial charge in [-0.05, 0) is 36.8 Å². The molecule has 4 nitrogen and oxygen atoms in total. The molecule has 0 unspecified atom stereocenters. The Bertz CT molecular complexity index is 671. The fourth-order valence-corrected chi connectivity index (χ4v) is 2.25. The van der Waals surface area contributed by atoms with E-state index in [2.05, 4.69) is 0 Å². The number of benzene rings is 2. The van der Waals surface area contributed by atoms with Crippen molar-refractivity contribution in [2.45, 2.75) is 19.4 Å². The van der Waals surface area contributed by atoms with Gasteiger partial charge in [-0.25, -0.2) is 0 Å². The molecule has 2 rings (SSSR count). The molecule has 0 aromatic heterocycles. The van der Waals surface area contributed by atoms with E-state index >= 15 is 0 Å². The van der Waals surface area contributed by atoms with Gasteiger partial charge in [0.1, 0.15) is 11.5 Å². The largest absolute Gasteiger partial charge is 0.466 e. The van der Waals surface area contributed by atoms with Crippen LogP contribution in [0.4, 0.5) is 0 Å². The number of aliphatic hydroxyl groups is 1. The molecular weight excluding hydrogens is 339 g/mol. The van der Waals surface area contributed by atoms with E-state index in [0.29, 0.717) is 33.7 Å². The quantitative estimate of drug-likeness (QED) is 0.759. The van der Waals surface area contributed by atoms with Crippen molar-refractivity contribution in [2.75, 3.05) is 6.61 Å². The van der Waals surface area contributed by atoms with E-state index in [1.54, 1.807) is 49.4 Å². The summed E-state index contributed by atoms with van der Waals surface area (Å²) < 4.78 is 10.5. The summed E-state index contributed by atoms with van der Waals surface area (Å²) in [6, 6.07) is 11.7. The average molecular weight is 355 g/mol. The van der Waals surface area contributed by atoms with Crippen molar-refractivity contribution in [2.24, 2.45) is 0 Å². The molecule has 0 aliphatic heterocycles. The Hall–Kier alpha value is -1.75. The van der Waals surface area contributed by atoms with Crippen molar-refractivity contribution in [3.8, 4) is 11.5 Å². The molecule has 0 saturated carbocycles. The van der Waals surface area contributed by atoms with Crippen LogP contribution < -0.4 is 4.74 Å². The maximum atomic E-state index is 11.4. The first-order chi connectivity index (χ1) is 11.0. The monoisotopic (exact) mass is 354 g/mol. The van der Waals surface area contributed by atoms with E-state index in [0.717, 1.165) is 0 Å². The molecule has 2 aromatic rings. The van der Waals surface area contributed by atoms with Crippen molar-refractivity contribution in [3.63, 3.8) is 0 Å². The van der Waals surface area contributed by atoms with Gasteiger partial charge in [-0.3, -0.25) is 4.79 Å². The summed E-state index contributed by atoms with van der Waals surface area (Å²) in [5, 5.41) is 11.0. The van der Waals surface area contributed by atoms with Crippen LogP contribution in [0.15, 0.2) is 42.5 Å². The number of hydrogen-bond donors (Lipinski definition) is 1. The van der Waals surface area contributed by atoms with Crippen molar-refractivity contribution in [3.05, 3.63) is 58.1 Å². The molecule has 0 heterocycles. The average Bonchev–Trinajstić information content (AvgIpc) is 2.52. The Morgan fingerprint density at radius 1 is 1.17 bits per heavy atom. The van der Waals surface area contributed by atoms with Crippen LogP contribution in [-0.4, -0.2) is 17.7 Å². The zero-order valence-electron chi connectivity index (χ0n) is 12.5. The molecule has 0 bridgehead atoms. The second kappa shape index (κ2) is 8.20. The van der Waals surface area contributed by atoms with Crippen LogP contribution in [0, 0.1) is 0 Å². The maximum absolute atomic E-state index is 11.4. The lowest BCUT2D eigenvalue weighted by atomic mass is 10.1. The van der Waals surface area contributed by atoms with Gasteiger partial charge in [-0.1, -0.05) is 35.3 Å². The van der Waals surface area contributed by atoms with Gasteiger partial charge in [0, 0.05) is 11.1 Å². The minimum atomic E-state index is -0.919. The van der Waals surface area contributed by atoms with Gasteiger partial charge < -0.3 is 14.6 Å². The molecule has 0 aliphatic carbocycles. The number of hydrogen-bond acceptors (Lipinski definition) is 4. The summed E-state index contributed by atoms with van der Waals surface area (Å²) >= 11 is 11.9. The summed E-state index contributed by atoms with van der Waals surface area (Å²) in [6.45, 7) is 2.01. The number of carbonyl (C=O) groups is 1. The smallest absolute Gasteiger partial charge is 0.308 e. The van der Waals surface area contributed by atoms with Crippen LogP contribution in [0.2, 0.25) is 10.0 Å². The lowest BCUT2D eigenvalue weighted by Gasteiger charge is -2.12. The zero-order chi connectivity index (χ0) is 16.8. The van der Waals surface area contributed by atoms with Gasteiger partial charge in [-0.15, -0.1) is 0 Å². The molecule has 2 aromatic carbocycles. The number of carbonyl (C=O) groups excluding carboxylic acids is 1. The van der Waals surface area contributed by atoms with Gasteiger partial charge in [0.15, 0.2) is 0 Å². The summed E-state index contributed by atoms with van der Waals surface area (Å²) in [5.74, 6) is 0.547. The van der Waals surface area contributed by atoms with Crippen molar-refractivity contribution >= 4 is 29.2 Å². The summed E-state index contributed by atoms with van der Waals surface area (Å²) in [4.78, 5) is 11.4. The third-order valence-electron chi connectivity index (χ3n) is 3.05. The van der Waals surface area contributed by atoms with Gasteiger partial charge in [-0.2, -0.15) is 0 Å². The zero-order valence-corrected chi connectivity index (χ0v) is 14.0. The topological polar surface area (TPSA) is 55.8 Å². The summed E-state index contributed by atoms with van der Waals surface area (Å²) in [5.41, 5.74) is 0.600. The molecule has 1 N–H and O–H groups in total. The van der Waals surface area contributed by atoms with E-state index in [9.17, 15) is 9.90 Å². The predicted octanol–water partition coefficient (Wildman–Crippen LogP) is 4.77. The highest BCUT2D eigenvalue weighted by atomic mass is 35.5. The number of halogens is 2. The van der Waals surface area contributed by atoms with E-state index in [4.69, 9.17) is 32.7 Å². The van der Waals surface area contributed by atoms with Crippen LogP contribution in [-0.2, 0) is 9.53 Å². The fraction of sp³-hybridized carbons (Fsp3) is 0.235.